The van der Waals surface area contributed by atoms with Gasteiger partial charge >= 0.3 is 0 Å². The Morgan fingerprint density at radius 3 is 2.09 bits per heavy atom. The number of amides is 2. The van der Waals surface area contributed by atoms with Gasteiger partial charge in [-0.2, -0.15) is 0 Å². The summed E-state index contributed by atoms with van der Waals surface area (Å²) in [5, 5.41) is 2.87. The van der Waals surface area contributed by atoms with Gasteiger partial charge in [-0.05, 0) is 43.4 Å². The molecule has 0 heterocycles. The Balaban J connectivity index is 2.45. The van der Waals surface area contributed by atoms with Crippen molar-refractivity contribution >= 4 is 27.5 Å². The van der Waals surface area contributed by atoms with Crippen molar-refractivity contribution < 1.29 is 18.0 Å². The Hall–Kier alpha value is -2.87. The van der Waals surface area contributed by atoms with Crippen LogP contribution in [0.25, 0.3) is 0 Å². The van der Waals surface area contributed by atoms with E-state index in [4.69, 9.17) is 0 Å². The van der Waals surface area contributed by atoms with E-state index in [1.165, 1.54) is 4.90 Å². The fourth-order valence-corrected chi connectivity index (χ4v) is 4.81. The lowest BCUT2D eigenvalue weighted by molar-refractivity contribution is -0.140. The molecule has 0 saturated heterocycles. The third-order valence-corrected chi connectivity index (χ3v) is 6.61. The maximum atomic E-state index is 13.6. The Morgan fingerprint density at radius 1 is 0.970 bits per heavy atom. The molecule has 8 heteroatoms. The Morgan fingerprint density at radius 2 is 1.58 bits per heavy atom. The molecule has 2 amide bonds. The van der Waals surface area contributed by atoms with Gasteiger partial charge in [0, 0.05) is 13.1 Å². The van der Waals surface area contributed by atoms with Gasteiger partial charge in [0.05, 0.1) is 11.9 Å². The standard InChI is InChI=1S/C25H35N3O4S/c1-6-16-26-25(30)22(7-2)27(17-21-14-9-8-10-15-21)23(29)18-28(33(5,31)32)24-19(3)12-11-13-20(24)4/h8-15,22H,6-7,16-18H2,1-5H3,(H,26,30)/t22-/m1/s1. The summed E-state index contributed by atoms with van der Waals surface area (Å²) in [6.07, 6.45) is 2.29. The van der Waals surface area contributed by atoms with Gasteiger partial charge in [-0.25, -0.2) is 8.42 Å². The van der Waals surface area contributed by atoms with Crippen molar-refractivity contribution in [3.63, 3.8) is 0 Å². The van der Waals surface area contributed by atoms with E-state index in [-0.39, 0.29) is 19.0 Å². The van der Waals surface area contributed by atoms with Crippen molar-refractivity contribution in [2.75, 3.05) is 23.7 Å². The SMILES string of the molecule is CCCNC(=O)[C@@H](CC)N(Cc1ccccc1)C(=O)CN(c1c(C)cccc1C)S(C)(=O)=O. The highest BCUT2D eigenvalue weighted by atomic mass is 32.2. The fraction of sp³-hybridized carbons (Fsp3) is 0.440. The van der Waals surface area contributed by atoms with Crippen LogP contribution in [0.3, 0.4) is 0 Å². The van der Waals surface area contributed by atoms with Crippen LogP contribution in [-0.2, 0) is 26.2 Å². The molecule has 0 radical (unpaired) electrons. The summed E-state index contributed by atoms with van der Waals surface area (Å²) < 4.78 is 26.6. The van der Waals surface area contributed by atoms with E-state index in [9.17, 15) is 18.0 Å². The van der Waals surface area contributed by atoms with Crippen molar-refractivity contribution in [1.82, 2.24) is 10.2 Å². The summed E-state index contributed by atoms with van der Waals surface area (Å²) in [7, 11) is -3.75. The number of anilines is 1. The summed E-state index contributed by atoms with van der Waals surface area (Å²) >= 11 is 0. The monoisotopic (exact) mass is 473 g/mol. The molecular weight excluding hydrogens is 438 g/mol. The third kappa shape index (κ3) is 7.05. The van der Waals surface area contributed by atoms with Crippen LogP contribution in [0.1, 0.15) is 43.4 Å². The summed E-state index contributed by atoms with van der Waals surface area (Å²) in [5.74, 6) is -0.660. The number of para-hydroxylation sites is 1. The molecule has 0 unspecified atom stereocenters. The minimum Gasteiger partial charge on any atom is -0.354 e. The van der Waals surface area contributed by atoms with Crippen molar-refractivity contribution in [3.8, 4) is 0 Å². The molecule has 1 atom stereocenters. The van der Waals surface area contributed by atoms with Crippen LogP contribution in [0, 0.1) is 13.8 Å². The molecule has 33 heavy (non-hydrogen) atoms. The molecule has 0 bridgehead atoms. The van der Waals surface area contributed by atoms with E-state index in [1.54, 1.807) is 0 Å². The zero-order valence-corrected chi connectivity index (χ0v) is 21.0. The number of hydrogen-bond donors (Lipinski definition) is 1. The number of benzene rings is 2. The molecule has 0 spiro atoms. The summed E-state index contributed by atoms with van der Waals surface area (Å²) in [6, 6.07) is 14.2. The third-order valence-electron chi connectivity index (χ3n) is 5.50. The summed E-state index contributed by atoms with van der Waals surface area (Å²) in [4.78, 5) is 28.0. The zero-order valence-electron chi connectivity index (χ0n) is 20.2. The van der Waals surface area contributed by atoms with E-state index < -0.39 is 22.0 Å². The molecule has 1 N–H and O–H groups in total. The molecular formula is C25H35N3O4S. The quantitative estimate of drug-likeness (QED) is 0.542. The first-order chi connectivity index (χ1) is 15.6. The van der Waals surface area contributed by atoms with E-state index in [0.29, 0.717) is 18.7 Å². The number of aryl methyl sites for hydroxylation is 2. The second-order valence-electron chi connectivity index (χ2n) is 8.23. The second kappa shape index (κ2) is 11.8. The van der Waals surface area contributed by atoms with Crippen LogP contribution in [0.2, 0.25) is 0 Å². The molecule has 2 aromatic carbocycles. The van der Waals surface area contributed by atoms with Crippen molar-refractivity contribution in [2.24, 2.45) is 0 Å². The highest BCUT2D eigenvalue weighted by molar-refractivity contribution is 7.92. The van der Waals surface area contributed by atoms with Crippen molar-refractivity contribution in [3.05, 3.63) is 65.2 Å². The zero-order chi connectivity index (χ0) is 24.6. The Labute approximate surface area is 197 Å². The van der Waals surface area contributed by atoms with Crippen molar-refractivity contribution in [1.29, 1.82) is 0 Å². The molecule has 0 aliphatic rings. The van der Waals surface area contributed by atoms with Gasteiger partial charge < -0.3 is 10.2 Å². The Kier molecular flexibility index (Phi) is 9.46. The van der Waals surface area contributed by atoms with E-state index in [1.807, 2.05) is 76.2 Å². The van der Waals surface area contributed by atoms with Crippen LogP contribution >= 0.6 is 0 Å². The molecule has 7 nitrogen and oxygen atoms in total. The predicted molar refractivity (Wildman–Crippen MR) is 132 cm³/mol. The molecule has 2 rings (SSSR count). The minimum atomic E-state index is -3.75. The predicted octanol–water partition coefficient (Wildman–Crippen LogP) is 3.40. The van der Waals surface area contributed by atoms with Gasteiger partial charge in [-0.3, -0.25) is 13.9 Å². The largest absolute Gasteiger partial charge is 0.354 e. The van der Waals surface area contributed by atoms with Crippen LogP contribution in [-0.4, -0.2) is 50.5 Å². The molecule has 0 fully saturated rings. The van der Waals surface area contributed by atoms with Crippen LogP contribution in [0.4, 0.5) is 5.69 Å². The summed E-state index contributed by atoms with van der Waals surface area (Å²) in [5.41, 5.74) is 2.88. The lowest BCUT2D eigenvalue weighted by atomic mass is 10.1. The molecule has 0 saturated carbocycles. The van der Waals surface area contributed by atoms with Gasteiger partial charge in [0.2, 0.25) is 21.8 Å². The molecule has 0 aliphatic heterocycles. The van der Waals surface area contributed by atoms with Crippen LogP contribution in [0.15, 0.2) is 48.5 Å². The lowest BCUT2D eigenvalue weighted by Crippen LogP contribution is -2.52. The summed E-state index contributed by atoms with van der Waals surface area (Å²) in [6.45, 7) is 7.79. The van der Waals surface area contributed by atoms with Gasteiger partial charge in [0.1, 0.15) is 12.6 Å². The fourth-order valence-electron chi connectivity index (χ4n) is 3.84. The first-order valence-electron chi connectivity index (χ1n) is 11.2. The molecule has 0 aromatic heterocycles. The molecule has 180 valence electrons. The average Bonchev–Trinajstić information content (AvgIpc) is 2.76. The maximum absolute atomic E-state index is 13.6. The molecule has 2 aromatic rings. The lowest BCUT2D eigenvalue weighted by Gasteiger charge is -2.33. The number of sulfonamides is 1. The van der Waals surface area contributed by atoms with Crippen LogP contribution in [0.5, 0.6) is 0 Å². The average molecular weight is 474 g/mol. The van der Waals surface area contributed by atoms with Gasteiger partial charge in [0.25, 0.3) is 0 Å². The second-order valence-corrected chi connectivity index (χ2v) is 10.1. The normalized spacial score (nSPS) is 12.2. The van der Waals surface area contributed by atoms with E-state index in [2.05, 4.69) is 5.32 Å². The first-order valence-corrected chi connectivity index (χ1v) is 13.1. The Bertz CT molecular complexity index is 1030. The molecule has 0 aliphatic carbocycles. The topological polar surface area (TPSA) is 86.8 Å². The number of nitrogens with one attached hydrogen (secondary N) is 1. The number of nitrogens with zero attached hydrogens (tertiary/aromatic N) is 2. The maximum Gasteiger partial charge on any atom is 0.244 e. The van der Waals surface area contributed by atoms with Crippen LogP contribution < -0.4 is 9.62 Å². The minimum absolute atomic E-state index is 0.210. The van der Waals surface area contributed by atoms with E-state index in [0.717, 1.165) is 33.7 Å². The first kappa shape index (κ1) is 26.4. The van der Waals surface area contributed by atoms with Gasteiger partial charge in [-0.15, -0.1) is 0 Å². The number of rotatable bonds is 11. The highest BCUT2D eigenvalue weighted by Gasteiger charge is 2.32. The van der Waals surface area contributed by atoms with Gasteiger partial charge in [0.15, 0.2) is 0 Å². The number of hydrogen-bond acceptors (Lipinski definition) is 4. The van der Waals surface area contributed by atoms with E-state index >= 15 is 0 Å². The highest BCUT2D eigenvalue weighted by Crippen LogP contribution is 2.27. The number of carbonyl (C=O) groups is 2. The van der Waals surface area contributed by atoms with Gasteiger partial charge in [-0.1, -0.05) is 62.4 Å². The smallest absolute Gasteiger partial charge is 0.244 e. The van der Waals surface area contributed by atoms with Crippen molar-refractivity contribution in [2.45, 2.75) is 53.1 Å². The number of carbonyl (C=O) groups excluding carboxylic acids is 2.